The van der Waals surface area contributed by atoms with Crippen molar-refractivity contribution in [2.75, 3.05) is 26.7 Å². The second-order valence-electron chi connectivity index (χ2n) is 4.78. The van der Waals surface area contributed by atoms with Crippen LogP contribution in [-0.2, 0) is 10.0 Å². The first-order valence-corrected chi connectivity index (χ1v) is 7.99. The van der Waals surface area contributed by atoms with Gasteiger partial charge in [0.15, 0.2) is 0 Å². The molecule has 1 aromatic carbocycles. The highest BCUT2D eigenvalue weighted by atomic mass is 32.2. The van der Waals surface area contributed by atoms with Crippen LogP contribution < -0.4 is 10.0 Å². The van der Waals surface area contributed by atoms with Crippen LogP contribution in [0.25, 0.3) is 0 Å². The first-order valence-electron chi connectivity index (χ1n) is 6.51. The van der Waals surface area contributed by atoms with Gasteiger partial charge in [0, 0.05) is 31.2 Å². The summed E-state index contributed by atoms with van der Waals surface area (Å²) in [5.74, 6) is -0.0626. The van der Waals surface area contributed by atoms with Crippen LogP contribution in [0.2, 0.25) is 0 Å². The number of sulfonamides is 1. The molecule has 20 heavy (non-hydrogen) atoms. The summed E-state index contributed by atoms with van der Waals surface area (Å²) in [5, 5.41) is 3.23. The average molecular weight is 297 g/mol. The molecule has 6 nitrogen and oxygen atoms in total. The molecule has 0 bridgehead atoms. The highest BCUT2D eigenvalue weighted by Crippen LogP contribution is 2.14. The van der Waals surface area contributed by atoms with Crippen molar-refractivity contribution in [2.24, 2.45) is 0 Å². The van der Waals surface area contributed by atoms with Gasteiger partial charge in [0.25, 0.3) is 5.91 Å². The normalized spacial score (nSPS) is 19.9. The number of carbonyl (C=O) groups is 1. The zero-order valence-electron chi connectivity index (χ0n) is 11.6. The molecule has 0 aliphatic carbocycles. The first-order chi connectivity index (χ1) is 9.45. The van der Waals surface area contributed by atoms with Crippen molar-refractivity contribution in [2.45, 2.75) is 17.9 Å². The molecule has 1 atom stereocenters. The quantitative estimate of drug-likeness (QED) is 0.825. The lowest BCUT2D eigenvalue weighted by molar-refractivity contribution is 0.0655. The maximum Gasteiger partial charge on any atom is 0.254 e. The Hall–Kier alpha value is -1.44. The van der Waals surface area contributed by atoms with E-state index < -0.39 is 10.0 Å². The van der Waals surface area contributed by atoms with Crippen LogP contribution in [0.1, 0.15) is 17.3 Å². The standard InChI is InChI=1S/C13H19N3O3S/c1-10-9-15-7-8-16(10)13(17)11-3-5-12(6-4-11)20(18,19)14-2/h3-6,10,14-15H,7-9H2,1-2H3. The average Bonchev–Trinajstić information content (AvgIpc) is 2.47. The summed E-state index contributed by atoms with van der Waals surface area (Å²) in [6.45, 7) is 4.21. The molecule has 0 aromatic heterocycles. The lowest BCUT2D eigenvalue weighted by atomic mass is 10.1. The van der Waals surface area contributed by atoms with Crippen molar-refractivity contribution in [1.82, 2.24) is 14.9 Å². The minimum atomic E-state index is -3.46. The summed E-state index contributed by atoms with van der Waals surface area (Å²) in [6.07, 6.45) is 0. The second-order valence-corrected chi connectivity index (χ2v) is 6.67. The lowest BCUT2D eigenvalue weighted by Gasteiger charge is -2.34. The maximum atomic E-state index is 12.4. The van der Waals surface area contributed by atoms with Crippen molar-refractivity contribution >= 4 is 15.9 Å². The Morgan fingerprint density at radius 2 is 2.00 bits per heavy atom. The summed E-state index contributed by atoms with van der Waals surface area (Å²) in [7, 11) is -2.10. The topological polar surface area (TPSA) is 78.5 Å². The molecule has 1 fully saturated rings. The Balaban J connectivity index is 2.19. The van der Waals surface area contributed by atoms with E-state index in [0.717, 1.165) is 13.1 Å². The van der Waals surface area contributed by atoms with Crippen LogP contribution in [-0.4, -0.2) is 51.9 Å². The van der Waals surface area contributed by atoms with Gasteiger partial charge < -0.3 is 10.2 Å². The summed E-state index contributed by atoms with van der Waals surface area (Å²) < 4.78 is 25.5. The van der Waals surface area contributed by atoms with E-state index in [1.165, 1.54) is 19.2 Å². The van der Waals surface area contributed by atoms with Crippen molar-refractivity contribution in [3.05, 3.63) is 29.8 Å². The Morgan fingerprint density at radius 3 is 2.55 bits per heavy atom. The van der Waals surface area contributed by atoms with E-state index >= 15 is 0 Å². The van der Waals surface area contributed by atoms with Crippen LogP contribution in [0.4, 0.5) is 0 Å². The van der Waals surface area contributed by atoms with Gasteiger partial charge in [0.05, 0.1) is 4.90 Å². The van der Waals surface area contributed by atoms with E-state index in [-0.39, 0.29) is 16.8 Å². The fourth-order valence-electron chi connectivity index (χ4n) is 2.20. The number of piperazine rings is 1. The van der Waals surface area contributed by atoms with E-state index in [4.69, 9.17) is 0 Å². The monoisotopic (exact) mass is 297 g/mol. The van der Waals surface area contributed by atoms with Crippen molar-refractivity contribution in [1.29, 1.82) is 0 Å². The summed E-state index contributed by atoms with van der Waals surface area (Å²) >= 11 is 0. The Morgan fingerprint density at radius 1 is 1.35 bits per heavy atom. The Bertz CT molecular complexity index is 583. The maximum absolute atomic E-state index is 12.4. The summed E-state index contributed by atoms with van der Waals surface area (Å²) in [4.78, 5) is 14.3. The number of hydrogen-bond acceptors (Lipinski definition) is 4. The number of hydrogen-bond donors (Lipinski definition) is 2. The third-order valence-electron chi connectivity index (χ3n) is 3.44. The molecule has 1 aliphatic rings. The minimum absolute atomic E-state index is 0.0626. The van der Waals surface area contributed by atoms with Gasteiger partial charge in [-0.1, -0.05) is 0 Å². The lowest BCUT2D eigenvalue weighted by Crippen LogP contribution is -2.52. The molecule has 7 heteroatoms. The second kappa shape index (κ2) is 5.90. The first kappa shape index (κ1) is 15.0. The fraction of sp³-hybridized carbons (Fsp3) is 0.462. The van der Waals surface area contributed by atoms with Crippen molar-refractivity contribution < 1.29 is 13.2 Å². The predicted molar refractivity (Wildman–Crippen MR) is 76.1 cm³/mol. The summed E-state index contributed by atoms with van der Waals surface area (Å²) in [6, 6.07) is 6.15. The molecule has 1 saturated heterocycles. The molecular weight excluding hydrogens is 278 g/mol. The molecule has 110 valence electrons. The SMILES string of the molecule is CNS(=O)(=O)c1ccc(C(=O)N2CCNCC2C)cc1. The highest BCUT2D eigenvalue weighted by molar-refractivity contribution is 7.89. The van der Waals surface area contributed by atoms with Crippen LogP contribution in [0.5, 0.6) is 0 Å². The van der Waals surface area contributed by atoms with Crippen LogP contribution >= 0.6 is 0 Å². The zero-order chi connectivity index (χ0) is 14.8. The molecule has 0 saturated carbocycles. The predicted octanol–water partition coefficient (Wildman–Crippen LogP) is 0.0286. The van der Waals surface area contributed by atoms with E-state index in [1.807, 2.05) is 6.92 Å². The Labute approximate surface area is 119 Å². The van der Waals surface area contributed by atoms with Crippen molar-refractivity contribution in [3.63, 3.8) is 0 Å². The molecule has 0 radical (unpaired) electrons. The van der Waals surface area contributed by atoms with Gasteiger partial charge in [0.1, 0.15) is 0 Å². The van der Waals surface area contributed by atoms with Gasteiger partial charge in [-0.25, -0.2) is 13.1 Å². The van der Waals surface area contributed by atoms with Gasteiger partial charge >= 0.3 is 0 Å². The highest BCUT2D eigenvalue weighted by Gasteiger charge is 2.24. The van der Waals surface area contributed by atoms with E-state index in [0.29, 0.717) is 12.1 Å². The number of rotatable bonds is 3. The van der Waals surface area contributed by atoms with Gasteiger partial charge in [-0.05, 0) is 38.2 Å². The molecule has 1 aromatic rings. The Kier molecular flexibility index (Phi) is 4.42. The number of carbonyl (C=O) groups excluding carboxylic acids is 1. The smallest absolute Gasteiger partial charge is 0.254 e. The fourth-order valence-corrected chi connectivity index (χ4v) is 2.93. The van der Waals surface area contributed by atoms with E-state index in [9.17, 15) is 13.2 Å². The number of amides is 1. The molecule has 1 unspecified atom stereocenters. The van der Waals surface area contributed by atoms with Crippen LogP contribution in [0, 0.1) is 0 Å². The van der Waals surface area contributed by atoms with Gasteiger partial charge in [-0.15, -0.1) is 0 Å². The molecular formula is C13H19N3O3S. The zero-order valence-corrected chi connectivity index (χ0v) is 12.4. The molecule has 1 heterocycles. The number of benzene rings is 1. The minimum Gasteiger partial charge on any atom is -0.333 e. The van der Waals surface area contributed by atoms with E-state index in [1.54, 1.807) is 17.0 Å². The third-order valence-corrected chi connectivity index (χ3v) is 4.87. The molecule has 0 spiro atoms. The number of nitrogens with one attached hydrogen (secondary N) is 2. The van der Waals surface area contributed by atoms with Crippen LogP contribution in [0.3, 0.4) is 0 Å². The number of nitrogens with zero attached hydrogens (tertiary/aromatic N) is 1. The molecule has 1 aliphatic heterocycles. The van der Waals surface area contributed by atoms with Gasteiger partial charge in [-0.2, -0.15) is 0 Å². The van der Waals surface area contributed by atoms with Gasteiger partial charge in [0.2, 0.25) is 10.0 Å². The molecule has 1 amide bonds. The van der Waals surface area contributed by atoms with E-state index in [2.05, 4.69) is 10.0 Å². The summed E-state index contributed by atoms with van der Waals surface area (Å²) in [5.41, 5.74) is 0.508. The van der Waals surface area contributed by atoms with Gasteiger partial charge in [-0.3, -0.25) is 4.79 Å². The largest absolute Gasteiger partial charge is 0.333 e. The van der Waals surface area contributed by atoms with Crippen LogP contribution in [0.15, 0.2) is 29.2 Å². The molecule has 2 N–H and O–H groups in total. The van der Waals surface area contributed by atoms with Crippen molar-refractivity contribution in [3.8, 4) is 0 Å². The third kappa shape index (κ3) is 3.00. The molecule has 2 rings (SSSR count).